The lowest BCUT2D eigenvalue weighted by Gasteiger charge is -2.00. The van der Waals surface area contributed by atoms with E-state index in [1.807, 2.05) is 0 Å². The van der Waals surface area contributed by atoms with Crippen LogP contribution in [0.15, 0.2) is 0 Å². The van der Waals surface area contributed by atoms with Gasteiger partial charge >= 0.3 is 5.97 Å². The van der Waals surface area contributed by atoms with Crippen molar-refractivity contribution in [3.8, 4) is 0 Å². The Morgan fingerprint density at radius 3 is 2.75 bits per heavy atom. The zero-order chi connectivity index (χ0) is 11.1. The van der Waals surface area contributed by atoms with Gasteiger partial charge in [0.1, 0.15) is 5.82 Å². The van der Waals surface area contributed by atoms with E-state index in [1.54, 1.807) is 0 Å². The maximum Gasteiger partial charge on any atom is 0.307 e. The minimum absolute atomic E-state index is 0.0696. The zero-order valence-electron chi connectivity index (χ0n) is 9.02. The highest BCUT2D eigenvalue weighted by Crippen LogP contribution is 2.46. The quantitative estimate of drug-likeness (QED) is 0.813. The molecule has 2 atom stereocenters. The van der Waals surface area contributed by atoms with Crippen LogP contribution in [0, 0.1) is 5.92 Å². The first-order chi connectivity index (χ1) is 7.75. The number of hydrogen-bond donors (Lipinski definition) is 2. The van der Waals surface area contributed by atoms with E-state index in [2.05, 4.69) is 15.2 Å². The molecule has 2 aliphatic carbocycles. The molecule has 5 heteroatoms. The third-order valence-corrected chi connectivity index (χ3v) is 3.70. The normalized spacial score (nSPS) is 29.5. The molecule has 0 radical (unpaired) electrons. The molecule has 0 aromatic carbocycles. The first kappa shape index (κ1) is 9.81. The highest BCUT2D eigenvalue weighted by molar-refractivity contribution is 5.74. The van der Waals surface area contributed by atoms with E-state index in [0.29, 0.717) is 12.3 Å². The fourth-order valence-corrected chi connectivity index (χ4v) is 2.59. The summed E-state index contributed by atoms with van der Waals surface area (Å²) >= 11 is 0. The summed E-state index contributed by atoms with van der Waals surface area (Å²) in [5.74, 6) is 1.26. The van der Waals surface area contributed by atoms with Crippen LogP contribution in [-0.2, 0) is 4.79 Å². The lowest BCUT2D eigenvalue weighted by Crippen LogP contribution is -2.00. The number of carboxylic acids is 1. The van der Waals surface area contributed by atoms with Gasteiger partial charge in [-0.2, -0.15) is 5.10 Å². The number of carboxylic acid groups (broad SMARTS) is 1. The van der Waals surface area contributed by atoms with Gasteiger partial charge in [-0.1, -0.05) is 12.8 Å². The summed E-state index contributed by atoms with van der Waals surface area (Å²) in [5, 5.41) is 16.0. The van der Waals surface area contributed by atoms with Crippen LogP contribution in [0.25, 0.3) is 0 Å². The van der Waals surface area contributed by atoms with Crippen molar-refractivity contribution in [2.45, 2.75) is 43.9 Å². The van der Waals surface area contributed by atoms with Crippen molar-refractivity contribution in [3.05, 3.63) is 11.6 Å². The predicted octanol–water partition coefficient (Wildman–Crippen LogP) is 1.65. The number of aromatic nitrogens is 3. The number of aliphatic carboxylic acids is 1. The Morgan fingerprint density at radius 2 is 2.12 bits per heavy atom. The number of carbonyl (C=O) groups is 1. The van der Waals surface area contributed by atoms with E-state index < -0.39 is 5.97 Å². The molecule has 3 rings (SSSR count). The van der Waals surface area contributed by atoms with Gasteiger partial charge in [0.15, 0.2) is 5.82 Å². The largest absolute Gasteiger partial charge is 0.481 e. The van der Waals surface area contributed by atoms with Gasteiger partial charge in [0.05, 0.1) is 5.92 Å². The van der Waals surface area contributed by atoms with Crippen molar-refractivity contribution >= 4 is 5.97 Å². The van der Waals surface area contributed by atoms with E-state index >= 15 is 0 Å². The maximum atomic E-state index is 10.7. The summed E-state index contributed by atoms with van der Waals surface area (Å²) in [6.07, 6.45) is 5.56. The molecule has 16 heavy (non-hydrogen) atoms. The topological polar surface area (TPSA) is 78.9 Å². The first-order valence-electron chi connectivity index (χ1n) is 5.90. The summed E-state index contributed by atoms with van der Waals surface area (Å²) in [7, 11) is 0. The molecule has 0 bridgehead atoms. The van der Waals surface area contributed by atoms with E-state index in [9.17, 15) is 4.79 Å². The van der Waals surface area contributed by atoms with Crippen molar-refractivity contribution in [2.75, 3.05) is 0 Å². The average molecular weight is 221 g/mol. The minimum Gasteiger partial charge on any atom is -0.481 e. The van der Waals surface area contributed by atoms with Crippen molar-refractivity contribution in [1.29, 1.82) is 0 Å². The van der Waals surface area contributed by atoms with Crippen LogP contribution >= 0.6 is 0 Å². The number of nitrogens with one attached hydrogen (secondary N) is 1. The van der Waals surface area contributed by atoms with Crippen LogP contribution in [0.3, 0.4) is 0 Å². The van der Waals surface area contributed by atoms with Gasteiger partial charge in [0.25, 0.3) is 0 Å². The molecule has 0 saturated heterocycles. The molecule has 2 fully saturated rings. The van der Waals surface area contributed by atoms with Gasteiger partial charge in [0, 0.05) is 11.8 Å². The Labute approximate surface area is 93.3 Å². The van der Waals surface area contributed by atoms with E-state index in [-0.39, 0.29) is 11.8 Å². The average Bonchev–Trinajstić information content (AvgIpc) is 2.72. The highest BCUT2D eigenvalue weighted by atomic mass is 16.4. The Hall–Kier alpha value is -1.39. The second kappa shape index (κ2) is 3.57. The summed E-state index contributed by atoms with van der Waals surface area (Å²) in [4.78, 5) is 15.2. The number of H-pyrrole nitrogens is 1. The molecule has 1 aromatic heterocycles. The highest BCUT2D eigenvalue weighted by Gasteiger charge is 2.46. The van der Waals surface area contributed by atoms with Gasteiger partial charge in [0.2, 0.25) is 0 Å². The SMILES string of the molecule is O=C(O)C1CC1c1nc(C2CCCC2)n[nH]1. The summed E-state index contributed by atoms with van der Waals surface area (Å²) < 4.78 is 0. The molecule has 2 aliphatic rings. The fourth-order valence-electron chi connectivity index (χ4n) is 2.59. The van der Waals surface area contributed by atoms with Crippen LogP contribution < -0.4 is 0 Å². The molecule has 86 valence electrons. The molecular formula is C11H15N3O2. The summed E-state index contributed by atoms with van der Waals surface area (Å²) in [5.41, 5.74) is 0. The van der Waals surface area contributed by atoms with Crippen LogP contribution in [0.1, 0.15) is 55.6 Å². The Bertz CT molecular complexity index is 409. The molecule has 5 nitrogen and oxygen atoms in total. The van der Waals surface area contributed by atoms with Gasteiger partial charge in [-0.05, 0) is 19.3 Å². The fraction of sp³-hybridized carbons (Fsp3) is 0.727. The van der Waals surface area contributed by atoms with Crippen molar-refractivity contribution < 1.29 is 9.90 Å². The Balaban J connectivity index is 1.71. The van der Waals surface area contributed by atoms with Crippen molar-refractivity contribution in [3.63, 3.8) is 0 Å². The predicted molar refractivity (Wildman–Crippen MR) is 56.1 cm³/mol. The van der Waals surface area contributed by atoms with E-state index in [0.717, 1.165) is 11.6 Å². The second-order valence-corrected chi connectivity index (χ2v) is 4.85. The maximum absolute atomic E-state index is 10.7. The molecule has 2 saturated carbocycles. The van der Waals surface area contributed by atoms with E-state index in [4.69, 9.17) is 5.11 Å². The summed E-state index contributed by atoms with van der Waals surface area (Å²) in [6, 6.07) is 0. The van der Waals surface area contributed by atoms with Crippen molar-refractivity contribution in [1.82, 2.24) is 15.2 Å². The third kappa shape index (κ3) is 1.60. The zero-order valence-corrected chi connectivity index (χ0v) is 9.02. The van der Waals surface area contributed by atoms with Crippen LogP contribution in [0.4, 0.5) is 0 Å². The van der Waals surface area contributed by atoms with Gasteiger partial charge in [-0.15, -0.1) is 0 Å². The molecule has 1 aromatic rings. The van der Waals surface area contributed by atoms with E-state index in [1.165, 1.54) is 25.7 Å². The minimum atomic E-state index is -0.719. The molecule has 1 heterocycles. The van der Waals surface area contributed by atoms with Crippen LogP contribution in [0.2, 0.25) is 0 Å². The monoisotopic (exact) mass is 221 g/mol. The lowest BCUT2D eigenvalue weighted by atomic mass is 10.1. The Morgan fingerprint density at radius 1 is 1.38 bits per heavy atom. The molecule has 2 unspecified atom stereocenters. The molecular weight excluding hydrogens is 206 g/mol. The summed E-state index contributed by atoms with van der Waals surface area (Å²) in [6.45, 7) is 0. The van der Waals surface area contributed by atoms with Crippen molar-refractivity contribution in [2.24, 2.45) is 5.92 Å². The third-order valence-electron chi connectivity index (χ3n) is 3.70. The molecule has 2 N–H and O–H groups in total. The smallest absolute Gasteiger partial charge is 0.307 e. The number of aromatic amines is 1. The molecule has 0 spiro atoms. The van der Waals surface area contributed by atoms with Gasteiger partial charge in [-0.3, -0.25) is 9.89 Å². The number of nitrogens with zero attached hydrogens (tertiary/aromatic N) is 2. The Kier molecular flexibility index (Phi) is 2.19. The second-order valence-electron chi connectivity index (χ2n) is 4.85. The molecule has 0 aliphatic heterocycles. The first-order valence-corrected chi connectivity index (χ1v) is 5.90. The van der Waals surface area contributed by atoms with Gasteiger partial charge < -0.3 is 5.11 Å². The number of hydrogen-bond acceptors (Lipinski definition) is 3. The molecule has 0 amide bonds. The lowest BCUT2D eigenvalue weighted by molar-refractivity contribution is -0.138. The number of rotatable bonds is 3. The van der Waals surface area contributed by atoms with Gasteiger partial charge in [-0.25, -0.2) is 4.98 Å². The van der Waals surface area contributed by atoms with Crippen LogP contribution in [0.5, 0.6) is 0 Å². The van der Waals surface area contributed by atoms with Crippen LogP contribution in [-0.4, -0.2) is 26.3 Å². The standard InChI is InChI=1S/C11H15N3O2/c15-11(16)8-5-7(8)10-12-9(13-14-10)6-3-1-2-4-6/h6-8H,1-5H2,(H,15,16)(H,12,13,14).